The number of nitrogens with one attached hydrogen (secondary N) is 2. The molecule has 1 aromatic heterocycles. The highest BCUT2D eigenvalue weighted by molar-refractivity contribution is 9.10. The lowest BCUT2D eigenvalue weighted by molar-refractivity contribution is 0.313. The number of nitrogens with zero attached hydrogens (tertiary/aromatic N) is 2. The molecule has 108 valence electrons. The maximum Gasteiger partial charge on any atom is 0.137 e. The van der Waals surface area contributed by atoms with E-state index >= 15 is 0 Å². The van der Waals surface area contributed by atoms with Gasteiger partial charge in [0.2, 0.25) is 0 Å². The van der Waals surface area contributed by atoms with Crippen molar-refractivity contribution in [2.24, 2.45) is 0 Å². The Morgan fingerprint density at radius 1 is 1.40 bits per heavy atom. The van der Waals surface area contributed by atoms with Crippen molar-refractivity contribution in [3.63, 3.8) is 0 Å². The van der Waals surface area contributed by atoms with Gasteiger partial charge in [-0.3, -0.25) is 5.10 Å². The van der Waals surface area contributed by atoms with Crippen LogP contribution in [0.15, 0.2) is 29.0 Å². The van der Waals surface area contributed by atoms with E-state index in [1.54, 1.807) is 0 Å². The molecule has 0 aliphatic heterocycles. The SMILES string of the molecule is CCCOc1ccc(Br)cc1CNCCc1ncn[nH]1. The molecular formula is C14H19BrN4O. The molecule has 0 unspecified atom stereocenters. The van der Waals surface area contributed by atoms with Crippen LogP contribution in [0.2, 0.25) is 0 Å². The monoisotopic (exact) mass is 338 g/mol. The Bertz CT molecular complexity index is 516. The van der Waals surface area contributed by atoms with Gasteiger partial charge in [-0.25, -0.2) is 4.98 Å². The third-order valence-corrected chi connectivity index (χ3v) is 3.30. The molecule has 20 heavy (non-hydrogen) atoms. The summed E-state index contributed by atoms with van der Waals surface area (Å²) in [7, 11) is 0. The molecule has 0 saturated heterocycles. The number of hydrogen-bond donors (Lipinski definition) is 2. The summed E-state index contributed by atoms with van der Waals surface area (Å²) in [5.41, 5.74) is 1.16. The Balaban J connectivity index is 1.85. The molecule has 1 aromatic carbocycles. The first-order valence-corrected chi connectivity index (χ1v) is 7.55. The van der Waals surface area contributed by atoms with Crippen molar-refractivity contribution >= 4 is 15.9 Å². The number of benzene rings is 1. The fourth-order valence-corrected chi connectivity index (χ4v) is 2.23. The number of hydrogen-bond acceptors (Lipinski definition) is 4. The van der Waals surface area contributed by atoms with Gasteiger partial charge in [0.1, 0.15) is 17.9 Å². The van der Waals surface area contributed by atoms with E-state index in [0.717, 1.165) is 54.1 Å². The Kier molecular flexibility index (Phi) is 6.01. The Labute approximate surface area is 127 Å². The van der Waals surface area contributed by atoms with Gasteiger partial charge in [0, 0.05) is 29.5 Å². The topological polar surface area (TPSA) is 62.8 Å². The molecule has 1 heterocycles. The van der Waals surface area contributed by atoms with E-state index in [0.29, 0.717) is 0 Å². The molecule has 0 aliphatic carbocycles. The summed E-state index contributed by atoms with van der Waals surface area (Å²) in [5.74, 6) is 1.84. The number of H-pyrrole nitrogens is 1. The van der Waals surface area contributed by atoms with Gasteiger partial charge in [-0.05, 0) is 24.6 Å². The summed E-state index contributed by atoms with van der Waals surface area (Å²) in [5, 5.41) is 10.1. The van der Waals surface area contributed by atoms with E-state index in [1.165, 1.54) is 6.33 Å². The molecule has 2 rings (SSSR count). The van der Waals surface area contributed by atoms with Crippen molar-refractivity contribution in [2.75, 3.05) is 13.2 Å². The lowest BCUT2D eigenvalue weighted by atomic mass is 10.2. The quantitative estimate of drug-likeness (QED) is 0.726. The van der Waals surface area contributed by atoms with Crippen LogP contribution in [0, 0.1) is 0 Å². The molecule has 0 fully saturated rings. The average Bonchev–Trinajstić information content (AvgIpc) is 2.96. The molecule has 0 saturated carbocycles. The lowest BCUT2D eigenvalue weighted by Crippen LogP contribution is -2.18. The predicted molar refractivity (Wildman–Crippen MR) is 81.7 cm³/mol. The van der Waals surface area contributed by atoms with Crippen LogP contribution in [-0.4, -0.2) is 28.3 Å². The number of rotatable bonds is 8. The minimum Gasteiger partial charge on any atom is -0.493 e. The number of halogens is 1. The molecule has 2 N–H and O–H groups in total. The molecule has 0 atom stereocenters. The Morgan fingerprint density at radius 2 is 2.30 bits per heavy atom. The van der Waals surface area contributed by atoms with Crippen LogP contribution >= 0.6 is 15.9 Å². The van der Waals surface area contributed by atoms with E-state index in [-0.39, 0.29) is 0 Å². The normalized spacial score (nSPS) is 10.7. The highest BCUT2D eigenvalue weighted by atomic mass is 79.9. The van der Waals surface area contributed by atoms with Gasteiger partial charge in [-0.15, -0.1) is 0 Å². The highest BCUT2D eigenvalue weighted by Gasteiger charge is 2.04. The summed E-state index contributed by atoms with van der Waals surface area (Å²) in [6, 6.07) is 6.10. The molecular weight excluding hydrogens is 320 g/mol. The molecule has 0 amide bonds. The van der Waals surface area contributed by atoms with Gasteiger partial charge in [0.15, 0.2) is 0 Å². The number of aromatic amines is 1. The van der Waals surface area contributed by atoms with Crippen molar-refractivity contribution in [3.05, 3.63) is 40.4 Å². The van der Waals surface area contributed by atoms with Gasteiger partial charge in [-0.2, -0.15) is 5.10 Å². The highest BCUT2D eigenvalue weighted by Crippen LogP contribution is 2.23. The zero-order chi connectivity index (χ0) is 14.2. The zero-order valence-electron chi connectivity index (χ0n) is 11.5. The smallest absolute Gasteiger partial charge is 0.137 e. The molecule has 0 aliphatic rings. The van der Waals surface area contributed by atoms with E-state index in [2.05, 4.69) is 49.4 Å². The summed E-state index contributed by atoms with van der Waals surface area (Å²) in [6.45, 7) is 4.46. The Morgan fingerprint density at radius 3 is 3.05 bits per heavy atom. The van der Waals surface area contributed by atoms with Crippen LogP contribution in [0.1, 0.15) is 24.7 Å². The predicted octanol–water partition coefficient (Wildman–Crippen LogP) is 2.69. The third kappa shape index (κ3) is 4.61. The van der Waals surface area contributed by atoms with Crippen LogP contribution in [0.4, 0.5) is 0 Å². The van der Waals surface area contributed by atoms with Crippen LogP contribution in [0.25, 0.3) is 0 Å². The molecule has 0 bridgehead atoms. The van der Waals surface area contributed by atoms with E-state index < -0.39 is 0 Å². The van der Waals surface area contributed by atoms with Gasteiger partial charge in [0.05, 0.1) is 6.61 Å². The van der Waals surface area contributed by atoms with Crippen molar-refractivity contribution in [2.45, 2.75) is 26.3 Å². The molecule has 5 nitrogen and oxygen atoms in total. The van der Waals surface area contributed by atoms with Gasteiger partial charge < -0.3 is 10.1 Å². The second-order valence-electron chi connectivity index (χ2n) is 4.46. The van der Waals surface area contributed by atoms with Crippen LogP contribution in [-0.2, 0) is 13.0 Å². The van der Waals surface area contributed by atoms with Crippen molar-refractivity contribution in [1.82, 2.24) is 20.5 Å². The van der Waals surface area contributed by atoms with Gasteiger partial charge in [0.25, 0.3) is 0 Å². The first-order valence-electron chi connectivity index (χ1n) is 6.75. The van der Waals surface area contributed by atoms with Gasteiger partial charge >= 0.3 is 0 Å². The minimum atomic E-state index is 0.743. The first-order chi connectivity index (χ1) is 9.79. The maximum atomic E-state index is 5.75. The standard InChI is InChI=1S/C14H19BrN4O/c1-2-7-20-13-4-3-12(15)8-11(13)9-16-6-5-14-17-10-18-19-14/h3-4,8,10,16H,2,5-7,9H2,1H3,(H,17,18,19). The van der Waals surface area contributed by atoms with Crippen molar-refractivity contribution in [3.8, 4) is 5.75 Å². The van der Waals surface area contributed by atoms with Crippen LogP contribution in [0.5, 0.6) is 5.75 Å². The average molecular weight is 339 g/mol. The zero-order valence-corrected chi connectivity index (χ0v) is 13.1. The molecule has 6 heteroatoms. The van der Waals surface area contributed by atoms with Crippen molar-refractivity contribution in [1.29, 1.82) is 0 Å². The molecule has 0 radical (unpaired) electrons. The summed E-state index contributed by atoms with van der Waals surface area (Å²) >= 11 is 3.50. The largest absolute Gasteiger partial charge is 0.493 e. The molecule has 0 spiro atoms. The molecule has 2 aromatic rings. The van der Waals surface area contributed by atoms with E-state index in [1.807, 2.05) is 12.1 Å². The third-order valence-electron chi connectivity index (χ3n) is 2.80. The fraction of sp³-hybridized carbons (Fsp3) is 0.429. The number of ether oxygens (including phenoxy) is 1. The van der Waals surface area contributed by atoms with E-state index in [9.17, 15) is 0 Å². The summed E-state index contributed by atoms with van der Waals surface area (Å²) in [4.78, 5) is 4.09. The summed E-state index contributed by atoms with van der Waals surface area (Å²) in [6.07, 6.45) is 3.37. The fourth-order valence-electron chi connectivity index (χ4n) is 1.82. The van der Waals surface area contributed by atoms with Gasteiger partial charge in [-0.1, -0.05) is 22.9 Å². The summed E-state index contributed by atoms with van der Waals surface area (Å²) < 4.78 is 6.82. The first kappa shape index (κ1) is 15.0. The Hall–Kier alpha value is -1.40. The van der Waals surface area contributed by atoms with Crippen LogP contribution in [0.3, 0.4) is 0 Å². The maximum absolute atomic E-state index is 5.75. The second kappa shape index (κ2) is 8.01. The van der Waals surface area contributed by atoms with E-state index in [4.69, 9.17) is 4.74 Å². The minimum absolute atomic E-state index is 0.743. The number of aromatic nitrogens is 3. The second-order valence-corrected chi connectivity index (χ2v) is 5.38. The lowest BCUT2D eigenvalue weighted by Gasteiger charge is -2.12. The van der Waals surface area contributed by atoms with Crippen molar-refractivity contribution < 1.29 is 4.74 Å². The van der Waals surface area contributed by atoms with Crippen LogP contribution < -0.4 is 10.1 Å².